The number of hydrogen-bond acceptors (Lipinski definition) is 5. The van der Waals surface area contributed by atoms with Crippen molar-refractivity contribution >= 4 is 36.1 Å². The molecule has 0 aromatic heterocycles. The van der Waals surface area contributed by atoms with Gasteiger partial charge in [0.2, 0.25) is 0 Å². The lowest BCUT2D eigenvalue weighted by Gasteiger charge is -2.17. The number of carbonyl (C=O) groups excluding carboxylic acids is 1. The van der Waals surface area contributed by atoms with Crippen LogP contribution in [0, 0.1) is 0 Å². The Bertz CT molecular complexity index is 718. The molecule has 0 aliphatic heterocycles. The maximum absolute atomic E-state index is 13.1. The summed E-state index contributed by atoms with van der Waals surface area (Å²) in [5, 5.41) is 10.2. The summed E-state index contributed by atoms with van der Waals surface area (Å²) in [5.41, 5.74) is 3.32. The molecule has 0 atom stereocenters. The number of thiol groups is 1. The zero-order valence-electron chi connectivity index (χ0n) is 13.7. The molecule has 25 heavy (non-hydrogen) atoms. The Labute approximate surface area is 147 Å². The number of phenolic OH excluding ortho intramolecular Hbond substituents is 1. The Morgan fingerprint density at radius 2 is 2.04 bits per heavy atom. The lowest BCUT2D eigenvalue weighted by molar-refractivity contribution is -0.354. The molecular weight excluding hydrogens is 361 g/mol. The minimum Gasteiger partial charge on any atom is -0.503 e. The molecule has 0 spiro atoms. The molecule has 0 bridgehead atoms. The Kier molecular flexibility index (Phi) is 6.68. The first kappa shape index (κ1) is 20.6. The van der Waals surface area contributed by atoms with Crippen molar-refractivity contribution in [2.24, 2.45) is 10.1 Å². The van der Waals surface area contributed by atoms with E-state index >= 15 is 0 Å². The van der Waals surface area contributed by atoms with E-state index in [2.05, 4.69) is 22.2 Å². The molecule has 1 aromatic carbocycles. The fraction of sp³-hybridized carbons (Fsp3) is 0.357. The monoisotopic (exact) mass is 379 g/mol. The van der Waals surface area contributed by atoms with Gasteiger partial charge in [0.25, 0.3) is 5.91 Å². The summed E-state index contributed by atoms with van der Waals surface area (Å²) < 4.78 is 48.0. The highest BCUT2D eigenvalue weighted by Crippen LogP contribution is 2.38. The number of hydrogen-bond donors (Lipinski definition) is 4. The predicted octanol–water partition coefficient (Wildman–Crippen LogP) is 0.462. The molecule has 0 aliphatic rings. The van der Waals surface area contributed by atoms with Crippen LogP contribution in [0.2, 0.25) is 0 Å². The molecule has 0 saturated carbocycles. The number of nitrogens with one attached hydrogen (secondary N) is 1. The molecule has 138 valence electrons. The fourth-order valence-electron chi connectivity index (χ4n) is 1.86. The summed E-state index contributed by atoms with van der Waals surface area (Å²) in [4.78, 5) is 15.5. The van der Waals surface area contributed by atoms with E-state index in [1.165, 1.54) is 14.1 Å². The molecule has 0 unspecified atom stereocenters. The number of phenols is 1. The third kappa shape index (κ3) is 4.78. The minimum absolute atomic E-state index is 0.120. The minimum atomic E-state index is -4.82. The molecule has 0 aliphatic carbocycles. The number of carbonyl (C=O) groups is 1. The number of amidine groups is 1. The van der Waals surface area contributed by atoms with Crippen LogP contribution in [0.15, 0.2) is 16.5 Å². The topological polar surface area (TPSA) is 102 Å². The molecule has 1 amide bonds. The van der Waals surface area contributed by atoms with E-state index in [1.54, 1.807) is 6.92 Å². The van der Waals surface area contributed by atoms with Crippen LogP contribution in [-0.2, 0) is 10.9 Å². The first-order valence-electron chi connectivity index (χ1n) is 6.94. The smallest absolute Gasteiger partial charge is 0.417 e. The zero-order chi connectivity index (χ0) is 19.4. The second-order valence-corrected chi connectivity index (χ2v) is 5.16. The Balaban J connectivity index is 3.57. The SMILES string of the molecule is CCO/C(=N/S)C(N)=[NH+]c1ccc(C(F)(F)F)c(C(=O)N(C)C)c1O. The van der Waals surface area contributed by atoms with Gasteiger partial charge in [-0.3, -0.25) is 10.5 Å². The van der Waals surface area contributed by atoms with Crippen LogP contribution in [-0.4, -0.2) is 48.3 Å². The summed E-state index contributed by atoms with van der Waals surface area (Å²) in [7, 11) is 2.53. The molecule has 0 fully saturated rings. The summed E-state index contributed by atoms with van der Waals surface area (Å²) in [6, 6.07) is 1.61. The largest absolute Gasteiger partial charge is 0.503 e. The molecule has 0 heterocycles. The molecule has 1 rings (SSSR count). The third-order valence-electron chi connectivity index (χ3n) is 2.98. The number of rotatable bonds is 3. The van der Waals surface area contributed by atoms with Gasteiger partial charge in [-0.1, -0.05) is 0 Å². The summed E-state index contributed by atoms with van der Waals surface area (Å²) in [6.07, 6.45) is -4.82. The fourth-order valence-corrected chi connectivity index (χ4v) is 2.03. The Morgan fingerprint density at radius 1 is 1.44 bits per heavy atom. The lowest BCUT2D eigenvalue weighted by atomic mass is 10.0. The van der Waals surface area contributed by atoms with E-state index in [1.807, 2.05) is 0 Å². The quantitative estimate of drug-likeness (QED) is 0.265. The standard InChI is InChI=1S/C14H17F3N4O3S/c1-4-24-12(20-25)11(18)19-8-6-5-7(14(15,16)17)9(10(8)22)13(23)21(2)3/h5-6,22,25H,4H2,1-3H3,(H2,18,19)/p+1/b20-12+. The average molecular weight is 379 g/mol. The van der Waals surface area contributed by atoms with Gasteiger partial charge in [-0.2, -0.15) is 17.6 Å². The first-order valence-corrected chi connectivity index (χ1v) is 7.34. The van der Waals surface area contributed by atoms with Gasteiger partial charge >= 0.3 is 17.9 Å². The van der Waals surface area contributed by atoms with Crippen LogP contribution in [0.1, 0.15) is 22.8 Å². The number of amides is 1. The van der Waals surface area contributed by atoms with Crippen molar-refractivity contribution in [1.82, 2.24) is 4.90 Å². The van der Waals surface area contributed by atoms with Crippen molar-refractivity contribution in [2.45, 2.75) is 13.1 Å². The normalized spacial score (nSPS) is 12.9. The highest BCUT2D eigenvalue weighted by molar-refractivity contribution is 7.79. The zero-order valence-corrected chi connectivity index (χ0v) is 14.6. The van der Waals surface area contributed by atoms with Gasteiger partial charge in [-0.15, -0.1) is 0 Å². The number of ether oxygens (including phenoxy) is 1. The molecule has 4 N–H and O–H groups in total. The van der Waals surface area contributed by atoms with E-state index in [0.29, 0.717) is 6.07 Å². The molecule has 0 saturated heterocycles. The van der Waals surface area contributed by atoms with E-state index in [9.17, 15) is 23.1 Å². The van der Waals surface area contributed by atoms with E-state index in [4.69, 9.17) is 10.5 Å². The van der Waals surface area contributed by atoms with Gasteiger partial charge in [0.15, 0.2) is 11.4 Å². The second-order valence-electron chi connectivity index (χ2n) is 4.96. The highest BCUT2D eigenvalue weighted by atomic mass is 32.1. The molecular formula is C14H18F3N4O3S+. The summed E-state index contributed by atoms with van der Waals surface area (Å²) in [5.74, 6) is -2.23. The number of benzene rings is 1. The number of nitrogens with zero attached hydrogens (tertiary/aromatic N) is 2. The summed E-state index contributed by atoms with van der Waals surface area (Å²) >= 11 is 3.67. The summed E-state index contributed by atoms with van der Waals surface area (Å²) in [6.45, 7) is 1.88. The van der Waals surface area contributed by atoms with Crippen LogP contribution >= 0.6 is 12.8 Å². The highest BCUT2D eigenvalue weighted by Gasteiger charge is 2.38. The first-order chi connectivity index (χ1) is 11.5. The van der Waals surface area contributed by atoms with Crippen LogP contribution in [0.5, 0.6) is 5.75 Å². The Hall–Kier alpha value is -2.43. The van der Waals surface area contributed by atoms with Gasteiger partial charge in [0.05, 0.1) is 17.7 Å². The third-order valence-corrected chi connectivity index (χ3v) is 3.16. The van der Waals surface area contributed by atoms with Crippen LogP contribution in [0.3, 0.4) is 0 Å². The maximum atomic E-state index is 13.1. The van der Waals surface area contributed by atoms with E-state index in [-0.39, 0.29) is 24.0 Å². The number of halogens is 3. The van der Waals surface area contributed by atoms with E-state index < -0.39 is 29.0 Å². The van der Waals surface area contributed by atoms with Crippen molar-refractivity contribution in [2.75, 3.05) is 20.7 Å². The molecule has 0 radical (unpaired) electrons. The van der Waals surface area contributed by atoms with Gasteiger partial charge in [-0.05, 0) is 31.9 Å². The Morgan fingerprint density at radius 3 is 2.48 bits per heavy atom. The second kappa shape index (κ2) is 8.10. The number of aromatic hydroxyl groups is 1. The number of nitrogens with two attached hydrogens (primary N) is 1. The number of alkyl halides is 3. The van der Waals surface area contributed by atoms with Crippen LogP contribution in [0.25, 0.3) is 0 Å². The van der Waals surface area contributed by atoms with Crippen molar-refractivity contribution in [3.63, 3.8) is 0 Å². The molecule has 7 nitrogen and oxygen atoms in total. The van der Waals surface area contributed by atoms with E-state index in [0.717, 1.165) is 11.0 Å². The van der Waals surface area contributed by atoms with Crippen LogP contribution in [0.4, 0.5) is 18.9 Å². The van der Waals surface area contributed by atoms with Gasteiger partial charge in [0, 0.05) is 14.1 Å². The van der Waals surface area contributed by atoms with Crippen LogP contribution < -0.4 is 10.7 Å². The van der Waals surface area contributed by atoms with Crippen molar-refractivity contribution in [1.29, 1.82) is 0 Å². The lowest BCUT2D eigenvalue weighted by Crippen LogP contribution is -2.71. The molecule has 1 aromatic rings. The van der Waals surface area contributed by atoms with Crippen molar-refractivity contribution < 1.29 is 32.8 Å². The van der Waals surface area contributed by atoms with Gasteiger partial charge in [-0.25, -0.2) is 4.99 Å². The average Bonchev–Trinajstić information content (AvgIpc) is 2.52. The van der Waals surface area contributed by atoms with Crippen molar-refractivity contribution in [3.8, 4) is 5.75 Å². The van der Waals surface area contributed by atoms with Gasteiger partial charge in [0.1, 0.15) is 0 Å². The van der Waals surface area contributed by atoms with Gasteiger partial charge < -0.3 is 14.7 Å². The maximum Gasteiger partial charge on any atom is 0.417 e. The predicted molar refractivity (Wildman–Crippen MR) is 89.0 cm³/mol. The van der Waals surface area contributed by atoms with Crippen molar-refractivity contribution in [3.05, 3.63) is 23.3 Å². The molecule has 11 heteroatoms.